The molecule has 2 atom stereocenters. The lowest BCUT2D eigenvalue weighted by Crippen LogP contribution is -2.30. The number of nitrogens with zero attached hydrogens (tertiary/aromatic N) is 2. The van der Waals surface area contributed by atoms with Gasteiger partial charge < -0.3 is 14.6 Å². The first-order valence-corrected chi connectivity index (χ1v) is 11.3. The van der Waals surface area contributed by atoms with E-state index in [1.165, 1.54) is 11.3 Å². The van der Waals surface area contributed by atoms with Crippen LogP contribution in [0.5, 0.6) is 10.8 Å². The van der Waals surface area contributed by atoms with Crippen LogP contribution in [0.4, 0.5) is 0 Å². The third kappa shape index (κ3) is 4.49. The van der Waals surface area contributed by atoms with Gasteiger partial charge in [0.05, 0.1) is 31.9 Å². The van der Waals surface area contributed by atoms with Crippen molar-refractivity contribution >= 4 is 45.9 Å². The Morgan fingerprint density at radius 1 is 0.969 bits per heavy atom. The van der Waals surface area contributed by atoms with Gasteiger partial charge in [0.15, 0.2) is 10.8 Å². The van der Waals surface area contributed by atoms with E-state index in [1.54, 1.807) is 56.7 Å². The summed E-state index contributed by atoms with van der Waals surface area (Å²) in [5.74, 6) is -2.57. The van der Waals surface area contributed by atoms with E-state index in [9.17, 15) is 14.7 Å². The lowest BCUT2D eigenvalue weighted by atomic mass is 9.79. The van der Waals surface area contributed by atoms with Crippen LogP contribution in [0.3, 0.4) is 0 Å². The summed E-state index contributed by atoms with van der Waals surface area (Å²) in [5.41, 5.74) is 2.27. The minimum Gasteiger partial charge on any atom is -0.497 e. The molecule has 9 heteroatoms. The molecule has 4 rings (SSSR count). The minimum atomic E-state index is -1.07. The van der Waals surface area contributed by atoms with Crippen molar-refractivity contribution in [3.05, 3.63) is 70.6 Å². The number of hydrogen-bond acceptors (Lipinski definition) is 8. The number of Topliss-reactive ketones (excluding diaryl/α,β-unsaturated/α-hetero) is 1. The van der Waals surface area contributed by atoms with Crippen LogP contribution in [0.1, 0.15) is 26.7 Å². The fourth-order valence-electron chi connectivity index (χ4n) is 3.67. The second-order valence-corrected chi connectivity index (χ2v) is 8.82. The van der Waals surface area contributed by atoms with Gasteiger partial charge in [0, 0.05) is 16.4 Å². The molecule has 0 aliphatic rings. The molecule has 0 radical (unpaired) electrons. The standard InChI is InChI=1S/C23H20N2O5S2/c1-29-15-6-3-13(4-7-15)22(26)17(12-16-8-10-20(30-2)31-16)21(23(27)28)14-5-9-18-19(11-14)25-32-24-18/h3-11,17,21H,12H2,1-2H3,(H,27,28). The summed E-state index contributed by atoms with van der Waals surface area (Å²) in [6.07, 6.45) is 0.267. The van der Waals surface area contributed by atoms with E-state index in [0.717, 1.165) is 16.6 Å². The van der Waals surface area contributed by atoms with Crippen LogP contribution in [0.15, 0.2) is 54.6 Å². The van der Waals surface area contributed by atoms with Crippen molar-refractivity contribution in [2.24, 2.45) is 5.92 Å². The number of benzene rings is 2. The Morgan fingerprint density at radius 2 is 1.72 bits per heavy atom. The summed E-state index contributed by atoms with van der Waals surface area (Å²) < 4.78 is 18.9. The third-order valence-electron chi connectivity index (χ3n) is 5.28. The zero-order valence-electron chi connectivity index (χ0n) is 17.3. The monoisotopic (exact) mass is 468 g/mol. The zero-order valence-corrected chi connectivity index (χ0v) is 19.0. The number of aromatic nitrogens is 2. The molecule has 0 fully saturated rings. The number of ether oxygens (including phenoxy) is 2. The molecule has 0 spiro atoms. The first-order chi connectivity index (χ1) is 15.5. The Morgan fingerprint density at radius 3 is 2.38 bits per heavy atom. The smallest absolute Gasteiger partial charge is 0.311 e. The van der Waals surface area contributed by atoms with Gasteiger partial charge in [-0.05, 0) is 60.5 Å². The first kappa shape index (κ1) is 21.9. The van der Waals surface area contributed by atoms with Crippen molar-refractivity contribution < 1.29 is 24.2 Å². The molecule has 7 nitrogen and oxygen atoms in total. The molecule has 0 saturated heterocycles. The molecule has 4 aromatic rings. The van der Waals surface area contributed by atoms with Crippen LogP contribution in [0.2, 0.25) is 0 Å². The highest BCUT2D eigenvalue weighted by Crippen LogP contribution is 2.35. The van der Waals surface area contributed by atoms with Crippen LogP contribution in [0.25, 0.3) is 11.0 Å². The van der Waals surface area contributed by atoms with Crippen LogP contribution < -0.4 is 9.47 Å². The van der Waals surface area contributed by atoms with Crippen molar-refractivity contribution in [3.8, 4) is 10.8 Å². The molecule has 2 heterocycles. The maximum Gasteiger partial charge on any atom is 0.311 e. The van der Waals surface area contributed by atoms with E-state index >= 15 is 0 Å². The summed E-state index contributed by atoms with van der Waals surface area (Å²) in [6.45, 7) is 0. The van der Waals surface area contributed by atoms with Gasteiger partial charge in [-0.15, -0.1) is 11.3 Å². The van der Waals surface area contributed by atoms with Gasteiger partial charge in [-0.2, -0.15) is 8.75 Å². The second-order valence-electron chi connectivity index (χ2n) is 7.16. The van der Waals surface area contributed by atoms with E-state index in [-0.39, 0.29) is 12.2 Å². The van der Waals surface area contributed by atoms with E-state index in [2.05, 4.69) is 8.75 Å². The van der Waals surface area contributed by atoms with E-state index in [1.807, 2.05) is 12.1 Å². The number of methoxy groups -OCH3 is 2. The summed E-state index contributed by atoms with van der Waals surface area (Å²) in [7, 11) is 3.13. The molecule has 2 aromatic heterocycles. The van der Waals surface area contributed by atoms with Crippen molar-refractivity contribution in [1.29, 1.82) is 0 Å². The third-order valence-corrected chi connectivity index (χ3v) is 6.90. The molecule has 0 amide bonds. The van der Waals surface area contributed by atoms with Gasteiger partial charge in [-0.1, -0.05) is 6.07 Å². The molecule has 0 saturated carbocycles. The summed E-state index contributed by atoms with van der Waals surface area (Å²) in [4.78, 5) is 26.9. The number of carbonyl (C=O) groups is 2. The van der Waals surface area contributed by atoms with E-state index in [0.29, 0.717) is 33.0 Å². The Kier molecular flexibility index (Phi) is 6.48. The fraction of sp³-hybridized carbons (Fsp3) is 0.217. The maximum atomic E-state index is 13.6. The molecular weight excluding hydrogens is 448 g/mol. The molecule has 2 unspecified atom stereocenters. The maximum absolute atomic E-state index is 13.6. The first-order valence-electron chi connectivity index (χ1n) is 9.76. The zero-order chi connectivity index (χ0) is 22.7. The molecule has 2 aromatic carbocycles. The molecule has 164 valence electrons. The topological polar surface area (TPSA) is 98.6 Å². The SMILES string of the molecule is COc1ccc(C(=O)C(Cc2ccc(OC)s2)C(C(=O)O)c2ccc3nsnc3c2)cc1. The van der Waals surface area contributed by atoms with Crippen molar-refractivity contribution in [1.82, 2.24) is 8.75 Å². The average molecular weight is 469 g/mol. The highest BCUT2D eigenvalue weighted by Gasteiger charge is 2.36. The van der Waals surface area contributed by atoms with Gasteiger partial charge >= 0.3 is 5.97 Å². The second kappa shape index (κ2) is 9.46. The fourth-order valence-corrected chi connectivity index (χ4v) is 5.06. The molecule has 32 heavy (non-hydrogen) atoms. The normalized spacial score (nSPS) is 12.9. The average Bonchev–Trinajstić information content (AvgIpc) is 3.47. The van der Waals surface area contributed by atoms with E-state index in [4.69, 9.17) is 9.47 Å². The van der Waals surface area contributed by atoms with Gasteiger partial charge in [0.1, 0.15) is 16.8 Å². The van der Waals surface area contributed by atoms with E-state index < -0.39 is 17.8 Å². The van der Waals surface area contributed by atoms with Gasteiger partial charge in [0.2, 0.25) is 0 Å². The molecule has 0 bridgehead atoms. The number of rotatable bonds is 9. The number of carboxylic acid groups (broad SMARTS) is 1. The highest BCUT2D eigenvalue weighted by molar-refractivity contribution is 7.13. The Balaban J connectivity index is 1.76. The number of fused-ring (bicyclic) bond motifs is 1. The highest BCUT2D eigenvalue weighted by atomic mass is 32.1. The lowest BCUT2D eigenvalue weighted by molar-refractivity contribution is -0.139. The van der Waals surface area contributed by atoms with Crippen LogP contribution >= 0.6 is 23.1 Å². The number of thiophene rings is 1. The van der Waals surface area contributed by atoms with Crippen molar-refractivity contribution in [2.45, 2.75) is 12.3 Å². The summed E-state index contributed by atoms with van der Waals surface area (Å²) in [5, 5.41) is 10.9. The van der Waals surface area contributed by atoms with Crippen LogP contribution in [-0.2, 0) is 11.2 Å². The number of aliphatic carboxylic acids is 1. The number of carboxylic acids is 1. The molecular formula is C23H20N2O5S2. The summed E-state index contributed by atoms with van der Waals surface area (Å²) >= 11 is 2.47. The predicted molar refractivity (Wildman–Crippen MR) is 123 cm³/mol. The Hall–Kier alpha value is -3.30. The summed E-state index contributed by atoms with van der Waals surface area (Å²) in [6, 6.07) is 15.6. The van der Waals surface area contributed by atoms with Gasteiger partial charge in [-0.25, -0.2) is 0 Å². The predicted octanol–water partition coefficient (Wildman–Crippen LogP) is 4.68. The van der Waals surface area contributed by atoms with Crippen molar-refractivity contribution in [3.63, 3.8) is 0 Å². The molecule has 1 N–H and O–H groups in total. The largest absolute Gasteiger partial charge is 0.497 e. The number of ketones is 1. The Labute approximate surface area is 192 Å². The Bertz CT molecular complexity index is 1250. The van der Waals surface area contributed by atoms with Gasteiger partial charge in [-0.3, -0.25) is 9.59 Å². The van der Waals surface area contributed by atoms with Crippen LogP contribution in [-0.4, -0.2) is 39.8 Å². The lowest BCUT2D eigenvalue weighted by Gasteiger charge is -2.23. The van der Waals surface area contributed by atoms with Crippen molar-refractivity contribution in [2.75, 3.05) is 14.2 Å². The van der Waals surface area contributed by atoms with Gasteiger partial charge in [0.25, 0.3) is 0 Å². The number of hydrogen-bond donors (Lipinski definition) is 1. The molecule has 0 aliphatic carbocycles. The van der Waals surface area contributed by atoms with Crippen LogP contribution in [0, 0.1) is 5.92 Å². The number of carbonyl (C=O) groups excluding carboxylic acids is 1. The minimum absolute atomic E-state index is 0.246. The quantitative estimate of drug-likeness (QED) is 0.356. The molecule has 0 aliphatic heterocycles.